The molecule has 1 aliphatic heterocycles. The van der Waals surface area contributed by atoms with Gasteiger partial charge < -0.3 is 9.80 Å². The van der Waals surface area contributed by atoms with E-state index in [0.717, 1.165) is 17.8 Å². The fourth-order valence-electron chi connectivity index (χ4n) is 3.09. The average molecular weight is 405 g/mol. The van der Waals surface area contributed by atoms with Crippen LogP contribution in [-0.4, -0.2) is 83.2 Å². The fourth-order valence-corrected chi connectivity index (χ4v) is 4.05. The van der Waals surface area contributed by atoms with Crippen molar-refractivity contribution in [2.45, 2.75) is 44.1 Å². The van der Waals surface area contributed by atoms with Crippen LogP contribution in [0.4, 0.5) is 0 Å². The summed E-state index contributed by atoms with van der Waals surface area (Å²) in [6.07, 6.45) is 2.16. The molecule has 1 saturated heterocycles. The van der Waals surface area contributed by atoms with Gasteiger partial charge in [0.2, 0.25) is 11.8 Å². The molecular weight excluding hydrogens is 380 g/mol. The maximum atomic E-state index is 12.9. The normalized spacial score (nSPS) is 16.0. The zero-order valence-corrected chi connectivity index (χ0v) is 17.1. The Hall–Kier alpha value is -2.56. The van der Waals surface area contributed by atoms with Crippen LogP contribution < -0.4 is 0 Å². The van der Waals surface area contributed by atoms with Crippen molar-refractivity contribution in [3.05, 3.63) is 23.8 Å². The summed E-state index contributed by atoms with van der Waals surface area (Å²) in [6, 6.07) is 1.91. The molecule has 1 atom stereocenters. The summed E-state index contributed by atoms with van der Waals surface area (Å²) in [5.41, 5.74) is 1.78. The van der Waals surface area contributed by atoms with Crippen molar-refractivity contribution in [1.82, 2.24) is 40.0 Å². The highest BCUT2D eigenvalue weighted by molar-refractivity contribution is 8.00. The summed E-state index contributed by atoms with van der Waals surface area (Å²) in [7, 11) is 0. The maximum Gasteiger partial charge on any atom is 0.244 e. The second-order valence-electron chi connectivity index (χ2n) is 6.76. The molecule has 10 nitrogen and oxygen atoms in total. The molecule has 3 heterocycles. The third kappa shape index (κ3) is 5.24. The predicted molar refractivity (Wildman–Crippen MR) is 102 cm³/mol. The van der Waals surface area contributed by atoms with Crippen molar-refractivity contribution in [3.63, 3.8) is 0 Å². The molecule has 0 bridgehead atoms. The van der Waals surface area contributed by atoms with Crippen LogP contribution in [0.15, 0.2) is 17.6 Å². The van der Waals surface area contributed by atoms with Crippen molar-refractivity contribution in [2.24, 2.45) is 0 Å². The first kappa shape index (κ1) is 20.2. The van der Waals surface area contributed by atoms with Gasteiger partial charge in [-0.2, -0.15) is 0 Å². The highest BCUT2D eigenvalue weighted by Gasteiger charge is 2.26. The molecule has 0 aromatic carbocycles. The number of aryl methyl sites for hydroxylation is 2. The minimum Gasteiger partial charge on any atom is -0.340 e. The number of amides is 2. The Bertz CT molecular complexity index is 808. The minimum atomic E-state index is -0.287. The number of aromatic nitrogens is 6. The van der Waals surface area contributed by atoms with Gasteiger partial charge in [0.1, 0.15) is 12.9 Å². The Balaban J connectivity index is 1.55. The molecule has 0 radical (unpaired) electrons. The average Bonchev–Trinajstić information content (AvgIpc) is 3.01. The molecule has 2 amide bonds. The molecule has 1 aliphatic rings. The van der Waals surface area contributed by atoms with Gasteiger partial charge in [-0.05, 0) is 43.7 Å². The highest BCUT2D eigenvalue weighted by Crippen LogP contribution is 2.22. The topological polar surface area (TPSA) is 110 Å². The van der Waals surface area contributed by atoms with E-state index in [1.54, 1.807) is 4.90 Å². The Morgan fingerprint density at radius 3 is 2.46 bits per heavy atom. The van der Waals surface area contributed by atoms with Gasteiger partial charge in [-0.1, -0.05) is 11.8 Å². The summed E-state index contributed by atoms with van der Waals surface area (Å²) in [4.78, 5) is 37.7. The quantitative estimate of drug-likeness (QED) is 0.518. The minimum absolute atomic E-state index is 0.0440. The Morgan fingerprint density at radius 1 is 1.11 bits per heavy atom. The molecule has 0 saturated carbocycles. The third-order valence-electron chi connectivity index (χ3n) is 4.44. The van der Waals surface area contributed by atoms with Gasteiger partial charge >= 0.3 is 0 Å². The summed E-state index contributed by atoms with van der Waals surface area (Å²) < 4.78 is 1.40. The van der Waals surface area contributed by atoms with E-state index in [1.807, 2.05) is 31.7 Å². The standard InChI is InChI=1S/C17H24N8O2S/c1-12-9-13(2)20-17(19-12)28-14(3)16(27)24-6-4-5-23(7-8-24)15(26)10-25-11-18-21-22-25/h9,11,14H,4-8,10H2,1-3H3. The lowest BCUT2D eigenvalue weighted by atomic mass is 10.3. The molecule has 1 fully saturated rings. The van der Waals surface area contributed by atoms with E-state index in [9.17, 15) is 9.59 Å². The van der Waals surface area contributed by atoms with Crippen LogP contribution in [0.3, 0.4) is 0 Å². The molecule has 1 unspecified atom stereocenters. The number of hydrogen-bond acceptors (Lipinski definition) is 8. The second-order valence-corrected chi connectivity index (χ2v) is 8.07. The summed E-state index contributed by atoms with van der Waals surface area (Å²) in [5, 5.41) is 11.1. The summed E-state index contributed by atoms with van der Waals surface area (Å²) >= 11 is 1.37. The first-order valence-corrected chi connectivity index (χ1v) is 10.1. The molecule has 2 aromatic heterocycles. The number of thioether (sulfide) groups is 1. The molecule has 2 aromatic rings. The van der Waals surface area contributed by atoms with E-state index >= 15 is 0 Å². The van der Waals surface area contributed by atoms with Crippen molar-refractivity contribution in [2.75, 3.05) is 26.2 Å². The van der Waals surface area contributed by atoms with E-state index in [1.165, 1.54) is 22.8 Å². The largest absolute Gasteiger partial charge is 0.340 e. The molecule has 150 valence electrons. The number of carbonyl (C=O) groups excluding carboxylic acids is 2. The van der Waals surface area contributed by atoms with Crippen LogP contribution in [0.2, 0.25) is 0 Å². The van der Waals surface area contributed by atoms with Crippen LogP contribution >= 0.6 is 11.8 Å². The molecular formula is C17H24N8O2S. The fraction of sp³-hybridized carbons (Fsp3) is 0.588. The van der Waals surface area contributed by atoms with Crippen LogP contribution in [0.25, 0.3) is 0 Å². The monoisotopic (exact) mass is 404 g/mol. The highest BCUT2D eigenvalue weighted by atomic mass is 32.2. The zero-order chi connectivity index (χ0) is 20.1. The van der Waals surface area contributed by atoms with Crippen molar-refractivity contribution in [1.29, 1.82) is 0 Å². The van der Waals surface area contributed by atoms with Gasteiger partial charge in [-0.25, -0.2) is 14.6 Å². The lowest BCUT2D eigenvalue weighted by Gasteiger charge is -2.24. The number of carbonyl (C=O) groups is 2. The lowest BCUT2D eigenvalue weighted by molar-refractivity contribution is -0.133. The Labute approximate surface area is 167 Å². The van der Waals surface area contributed by atoms with Gasteiger partial charge in [0.15, 0.2) is 5.16 Å². The lowest BCUT2D eigenvalue weighted by Crippen LogP contribution is -2.41. The van der Waals surface area contributed by atoms with Crippen molar-refractivity contribution < 1.29 is 9.59 Å². The van der Waals surface area contributed by atoms with Gasteiger partial charge in [-0.3, -0.25) is 9.59 Å². The molecule has 3 rings (SSSR count). The van der Waals surface area contributed by atoms with E-state index in [4.69, 9.17) is 0 Å². The van der Waals surface area contributed by atoms with E-state index in [-0.39, 0.29) is 23.6 Å². The predicted octanol–water partition coefficient (Wildman–Crippen LogP) is 0.322. The van der Waals surface area contributed by atoms with Crippen LogP contribution in [-0.2, 0) is 16.1 Å². The smallest absolute Gasteiger partial charge is 0.244 e. The summed E-state index contributed by atoms with van der Waals surface area (Å²) in [5.74, 6) is -0.00445. The first-order valence-electron chi connectivity index (χ1n) is 9.18. The van der Waals surface area contributed by atoms with E-state index < -0.39 is 0 Å². The van der Waals surface area contributed by atoms with Gasteiger partial charge in [0.05, 0.1) is 5.25 Å². The van der Waals surface area contributed by atoms with Gasteiger partial charge in [0, 0.05) is 37.6 Å². The maximum absolute atomic E-state index is 12.9. The Morgan fingerprint density at radius 2 is 1.79 bits per heavy atom. The molecule has 11 heteroatoms. The van der Waals surface area contributed by atoms with Crippen molar-refractivity contribution in [3.8, 4) is 0 Å². The third-order valence-corrected chi connectivity index (χ3v) is 5.39. The van der Waals surface area contributed by atoms with Crippen molar-refractivity contribution >= 4 is 23.6 Å². The number of tetrazole rings is 1. The van der Waals surface area contributed by atoms with E-state index in [0.29, 0.717) is 31.3 Å². The molecule has 28 heavy (non-hydrogen) atoms. The summed E-state index contributed by atoms with van der Waals surface area (Å²) in [6.45, 7) is 8.08. The van der Waals surface area contributed by atoms with Gasteiger partial charge in [-0.15, -0.1) is 5.10 Å². The van der Waals surface area contributed by atoms with Gasteiger partial charge in [0.25, 0.3) is 0 Å². The number of rotatable bonds is 5. The second kappa shape index (κ2) is 9.09. The zero-order valence-electron chi connectivity index (χ0n) is 16.3. The van der Waals surface area contributed by atoms with Crippen LogP contribution in [0, 0.1) is 13.8 Å². The molecule has 0 spiro atoms. The SMILES string of the molecule is Cc1cc(C)nc(SC(C)C(=O)N2CCCN(C(=O)Cn3cnnn3)CC2)n1. The van der Waals surface area contributed by atoms with E-state index in [2.05, 4.69) is 25.5 Å². The number of hydrogen-bond donors (Lipinski definition) is 0. The number of nitrogens with zero attached hydrogens (tertiary/aromatic N) is 8. The Kier molecular flexibility index (Phi) is 6.55. The molecule has 0 aliphatic carbocycles. The van der Waals surface area contributed by atoms with Crippen LogP contribution in [0.5, 0.6) is 0 Å². The van der Waals surface area contributed by atoms with Crippen LogP contribution in [0.1, 0.15) is 24.7 Å². The molecule has 0 N–H and O–H groups in total. The first-order chi connectivity index (χ1) is 13.4.